The van der Waals surface area contributed by atoms with Crippen LogP contribution in [0.25, 0.3) is 11.3 Å². The molecule has 0 unspecified atom stereocenters. The van der Waals surface area contributed by atoms with Crippen molar-refractivity contribution in [3.8, 4) is 11.3 Å². The van der Waals surface area contributed by atoms with E-state index in [9.17, 15) is 4.79 Å². The molecule has 3 heterocycles. The normalized spacial score (nSPS) is 15.4. The quantitative estimate of drug-likeness (QED) is 0.668. The molecule has 1 amide bonds. The van der Waals surface area contributed by atoms with E-state index in [0.717, 1.165) is 73.9 Å². The van der Waals surface area contributed by atoms with Gasteiger partial charge in [-0.2, -0.15) is 0 Å². The van der Waals surface area contributed by atoms with Crippen molar-refractivity contribution in [2.24, 2.45) is 0 Å². The summed E-state index contributed by atoms with van der Waals surface area (Å²) in [6.45, 7) is 8.63. The number of nitrogens with one attached hydrogen (secondary N) is 1. The highest BCUT2D eigenvalue weighted by atomic mass is 16.2. The van der Waals surface area contributed by atoms with Crippen molar-refractivity contribution in [3.63, 3.8) is 0 Å². The molecule has 0 aliphatic carbocycles. The third kappa shape index (κ3) is 4.05. The van der Waals surface area contributed by atoms with E-state index in [4.69, 9.17) is 0 Å². The average molecular weight is 428 g/mol. The first-order valence-corrected chi connectivity index (χ1v) is 11.4. The number of fused-ring (bicyclic) bond motifs is 1. The number of rotatable bonds is 4. The summed E-state index contributed by atoms with van der Waals surface area (Å²) >= 11 is 0. The van der Waals surface area contributed by atoms with Crippen LogP contribution < -0.4 is 10.2 Å². The second-order valence-electron chi connectivity index (χ2n) is 8.82. The van der Waals surface area contributed by atoms with Crippen molar-refractivity contribution in [1.82, 2.24) is 15.1 Å². The van der Waals surface area contributed by atoms with Crippen LogP contribution >= 0.6 is 0 Å². The Balaban J connectivity index is 1.40. The predicted octanol–water partition coefficient (Wildman–Crippen LogP) is 4.43. The molecule has 2 aromatic carbocycles. The van der Waals surface area contributed by atoms with Gasteiger partial charge in [0.25, 0.3) is 5.91 Å². The van der Waals surface area contributed by atoms with Crippen LogP contribution in [-0.4, -0.2) is 47.2 Å². The van der Waals surface area contributed by atoms with E-state index in [-0.39, 0.29) is 5.91 Å². The maximum Gasteiger partial charge on any atom is 0.253 e. The summed E-state index contributed by atoms with van der Waals surface area (Å²) in [6, 6.07) is 16.5. The van der Waals surface area contributed by atoms with E-state index >= 15 is 0 Å². The minimum atomic E-state index is 0.120. The second kappa shape index (κ2) is 8.61. The molecule has 1 aromatic heterocycles. The van der Waals surface area contributed by atoms with E-state index in [1.165, 1.54) is 16.7 Å². The molecule has 2 aliphatic rings. The largest absolute Gasteiger partial charge is 0.365 e. The number of aromatic nitrogens is 2. The number of anilines is 2. The van der Waals surface area contributed by atoms with Crippen LogP contribution in [0.1, 0.15) is 39.9 Å². The molecule has 1 fully saturated rings. The lowest BCUT2D eigenvalue weighted by molar-refractivity contribution is 0.0793. The highest BCUT2D eigenvalue weighted by Gasteiger charge is 2.22. The number of carbonyl (C=O) groups is 1. The van der Waals surface area contributed by atoms with Gasteiger partial charge in [-0.3, -0.25) is 4.79 Å². The van der Waals surface area contributed by atoms with E-state index in [1.807, 2.05) is 29.2 Å². The highest BCUT2D eigenvalue weighted by molar-refractivity contribution is 5.94. The first kappa shape index (κ1) is 20.5. The zero-order valence-electron chi connectivity index (χ0n) is 18.8. The predicted molar refractivity (Wildman–Crippen MR) is 128 cm³/mol. The van der Waals surface area contributed by atoms with Gasteiger partial charge >= 0.3 is 0 Å². The summed E-state index contributed by atoms with van der Waals surface area (Å²) in [5.41, 5.74) is 7.50. The molecule has 164 valence electrons. The standard InChI is InChI=1S/C26H29N5O/c1-18-5-6-19(2)22(15-18)17-31-14-11-27-25-24(31)16-23(28-29-25)20-7-9-21(10-8-20)26(32)30-12-3-4-13-30/h5-10,15-16H,3-4,11-14,17H2,1-2H3,(H,27,29). The number of hydrogen-bond acceptors (Lipinski definition) is 5. The van der Waals surface area contributed by atoms with Gasteiger partial charge in [-0.25, -0.2) is 0 Å². The number of benzene rings is 2. The third-order valence-electron chi connectivity index (χ3n) is 6.48. The van der Waals surface area contributed by atoms with E-state index in [0.29, 0.717) is 0 Å². The Labute approximate surface area is 189 Å². The molecule has 2 aliphatic heterocycles. The maximum atomic E-state index is 12.6. The minimum Gasteiger partial charge on any atom is -0.365 e. The lowest BCUT2D eigenvalue weighted by Crippen LogP contribution is -2.34. The van der Waals surface area contributed by atoms with Crippen molar-refractivity contribution in [1.29, 1.82) is 0 Å². The first-order chi connectivity index (χ1) is 15.6. The van der Waals surface area contributed by atoms with Crippen LogP contribution in [0.5, 0.6) is 0 Å². The molecule has 0 atom stereocenters. The summed E-state index contributed by atoms with van der Waals surface area (Å²) in [5, 5.41) is 12.3. The van der Waals surface area contributed by atoms with Crippen LogP contribution in [0.4, 0.5) is 11.5 Å². The third-order valence-corrected chi connectivity index (χ3v) is 6.48. The fraction of sp³-hybridized carbons (Fsp3) is 0.346. The van der Waals surface area contributed by atoms with Crippen molar-refractivity contribution in [3.05, 3.63) is 70.8 Å². The molecule has 3 aromatic rings. The molecular formula is C26H29N5O. The molecule has 0 saturated carbocycles. The smallest absolute Gasteiger partial charge is 0.253 e. The van der Waals surface area contributed by atoms with Gasteiger partial charge in [-0.05, 0) is 56.0 Å². The molecule has 6 nitrogen and oxygen atoms in total. The number of likely N-dealkylation sites (tertiary alicyclic amines) is 1. The fourth-order valence-electron chi connectivity index (χ4n) is 4.55. The minimum absolute atomic E-state index is 0.120. The van der Waals surface area contributed by atoms with Crippen LogP contribution in [0.3, 0.4) is 0 Å². The molecule has 6 heteroatoms. The lowest BCUT2D eigenvalue weighted by atomic mass is 10.0. The summed E-state index contributed by atoms with van der Waals surface area (Å²) in [4.78, 5) is 16.9. The van der Waals surface area contributed by atoms with Crippen LogP contribution in [0.2, 0.25) is 0 Å². The zero-order chi connectivity index (χ0) is 22.1. The van der Waals surface area contributed by atoms with Gasteiger partial charge in [-0.1, -0.05) is 35.9 Å². The van der Waals surface area contributed by atoms with Gasteiger partial charge in [0.1, 0.15) is 0 Å². The first-order valence-electron chi connectivity index (χ1n) is 11.4. The summed E-state index contributed by atoms with van der Waals surface area (Å²) in [5.74, 6) is 0.945. The Morgan fingerprint density at radius 3 is 2.53 bits per heavy atom. The number of nitrogens with zero attached hydrogens (tertiary/aromatic N) is 4. The Morgan fingerprint density at radius 2 is 1.75 bits per heavy atom. The molecule has 0 spiro atoms. The lowest BCUT2D eigenvalue weighted by Gasteiger charge is -2.31. The maximum absolute atomic E-state index is 12.6. The van der Waals surface area contributed by atoms with Crippen molar-refractivity contribution in [2.75, 3.05) is 36.4 Å². The SMILES string of the molecule is Cc1ccc(C)c(CN2CCNc3nnc(-c4ccc(C(=O)N5CCCC5)cc4)cc32)c1. The topological polar surface area (TPSA) is 61.4 Å². The van der Waals surface area contributed by atoms with E-state index in [1.54, 1.807) is 0 Å². The number of carbonyl (C=O) groups excluding carboxylic acids is 1. The average Bonchev–Trinajstić information content (AvgIpc) is 3.36. The summed E-state index contributed by atoms with van der Waals surface area (Å²) in [7, 11) is 0. The molecule has 0 radical (unpaired) electrons. The number of aryl methyl sites for hydroxylation is 2. The van der Waals surface area contributed by atoms with Crippen molar-refractivity contribution >= 4 is 17.4 Å². The van der Waals surface area contributed by atoms with Gasteiger partial charge in [-0.15, -0.1) is 10.2 Å². The molecule has 0 bridgehead atoms. The van der Waals surface area contributed by atoms with Crippen molar-refractivity contribution in [2.45, 2.75) is 33.2 Å². The molecule has 32 heavy (non-hydrogen) atoms. The van der Waals surface area contributed by atoms with Crippen LogP contribution in [0.15, 0.2) is 48.5 Å². The molecule has 1 saturated heterocycles. The summed E-state index contributed by atoms with van der Waals surface area (Å²) < 4.78 is 0. The van der Waals surface area contributed by atoms with Gasteiger partial charge in [0.2, 0.25) is 0 Å². The number of hydrogen-bond donors (Lipinski definition) is 1. The molecular weight excluding hydrogens is 398 g/mol. The Hall–Kier alpha value is -3.41. The Kier molecular flexibility index (Phi) is 5.52. The molecule has 5 rings (SSSR count). The monoisotopic (exact) mass is 427 g/mol. The van der Waals surface area contributed by atoms with E-state index in [2.05, 4.69) is 58.5 Å². The van der Waals surface area contributed by atoms with Gasteiger partial charge in [0.05, 0.1) is 11.4 Å². The number of amides is 1. The summed E-state index contributed by atoms with van der Waals surface area (Å²) in [6.07, 6.45) is 2.20. The Bertz CT molecular complexity index is 1140. The van der Waals surface area contributed by atoms with Gasteiger partial charge < -0.3 is 15.1 Å². The van der Waals surface area contributed by atoms with Crippen LogP contribution in [-0.2, 0) is 6.54 Å². The fourth-order valence-corrected chi connectivity index (χ4v) is 4.55. The highest BCUT2D eigenvalue weighted by Crippen LogP contribution is 2.32. The van der Waals surface area contributed by atoms with Gasteiger partial charge in [0, 0.05) is 43.9 Å². The van der Waals surface area contributed by atoms with Crippen molar-refractivity contribution < 1.29 is 4.79 Å². The zero-order valence-corrected chi connectivity index (χ0v) is 18.8. The molecule has 1 N–H and O–H groups in total. The van der Waals surface area contributed by atoms with Crippen LogP contribution in [0, 0.1) is 13.8 Å². The van der Waals surface area contributed by atoms with Gasteiger partial charge in [0.15, 0.2) is 5.82 Å². The second-order valence-corrected chi connectivity index (χ2v) is 8.82. The van der Waals surface area contributed by atoms with E-state index < -0.39 is 0 Å². The Morgan fingerprint density at radius 1 is 0.969 bits per heavy atom.